The molecule has 120 valence electrons. The molecule has 1 rings (SSSR count). The first-order valence-electron chi connectivity index (χ1n) is 9.26. The molecule has 1 saturated carbocycles. The van der Waals surface area contributed by atoms with E-state index in [0.29, 0.717) is 6.04 Å². The van der Waals surface area contributed by atoms with Crippen molar-refractivity contribution in [1.82, 2.24) is 0 Å². The van der Waals surface area contributed by atoms with Gasteiger partial charge in [0.1, 0.15) is 0 Å². The molecule has 5 atom stereocenters. The van der Waals surface area contributed by atoms with E-state index in [0.717, 1.165) is 29.6 Å². The van der Waals surface area contributed by atoms with Crippen molar-refractivity contribution in [3.05, 3.63) is 0 Å². The molecule has 0 spiro atoms. The highest BCUT2D eigenvalue weighted by Gasteiger charge is 2.34. The first-order valence-corrected chi connectivity index (χ1v) is 9.26. The van der Waals surface area contributed by atoms with Gasteiger partial charge < -0.3 is 5.73 Å². The summed E-state index contributed by atoms with van der Waals surface area (Å²) < 4.78 is 0. The van der Waals surface area contributed by atoms with E-state index in [1.807, 2.05) is 0 Å². The summed E-state index contributed by atoms with van der Waals surface area (Å²) >= 11 is 0. The molecule has 0 radical (unpaired) electrons. The maximum atomic E-state index is 6.33. The fraction of sp³-hybridized carbons (Fsp3) is 1.00. The summed E-state index contributed by atoms with van der Waals surface area (Å²) in [5.41, 5.74) is 6.33. The highest BCUT2D eigenvalue weighted by atomic mass is 14.6. The van der Waals surface area contributed by atoms with Gasteiger partial charge >= 0.3 is 0 Å². The Balaban J connectivity index is 2.80. The lowest BCUT2D eigenvalue weighted by molar-refractivity contribution is 0.105. The molecule has 0 amide bonds. The average Bonchev–Trinajstić information content (AvgIpc) is 2.60. The standard InChI is InChI=1S/C19H39N/c1-6-10-16(7-2)15(5)19(14(3)4)17-11-8-9-12-18(20)13-17/h14-19H,6-13,20H2,1-5H3. The first kappa shape index (κ1) is 18.0. The minimum atomic E-state index is 0.460. The van der Waals surface area contributed by atoms with Gasteiger partial charge in [0.25, 0.3) is 0 Å². The summed E-state index contributed by atoms with van der Waals surface area (Å²) in [5, 5.41) is 0. The molecule has 2 N–H and O–H groups in total. The predicted molar refractivity (Wildman–Crippen MR) is 90.7 cm³/mol. The van der Waals surface area contributed by atoms with E-state index in [-0.39, 0.29) is 0 Å². The zero-order valence-electron chi connectivity index (χ0n) is 14.7. The van der Waals surface area contributed by atoms with E-state index in [2.05, 4.69) is 34.6 Å². The van der Waals surface area contributed by atoms with Crippen molar-refractivity contribution in [1.29, 1.82) is 0 Å². The van der Waals surface area contributed by atoms with E-state index < -0.39 is 0 Å². The van der Waals surface area contributed by atoms with Crippen LogP contribution in [-0.2, 0) is 0 Å². The summed E-state index contributed by atoms with van der Waals surface area (Å²) in [7, 11) is 0. The van der Waals surface area contributed by atoms with Gasteiger partial charge in [-0.25, -0.2) is 0 Å². The third-order valence-electron chi connectivity index (χ3n) is 5.85. The molecular formula is C19H39N. The van der Waals surface area contributed by atoms with Crippen LogP contribution in [-0.4, -0.2) is 6.04 Å². The normalized spacial score (nSPS) is 28.9. The van der Waals surface area contributed by atoms with Crippen molar-refractivity contribution >= 4 is 0 Å². The molecule has 20 heavy (non-hydrogen) atoms. The monoisotopic (exact) mass is 281 g/mol. The first-order chi connectivity index (χ1) is 9.51. The van der Waals surface area contributed by atoms with Gasteiger partial charge in [-0.3, -0.25) is 0 Å². The van der Waals surface area contributed by atoms with Gasteiger partial charge in [0.15, 0.2) is 0 Å². The van der Waals surface area contributed by atoms with Gasteiger partial charge in [-0.1, -0.05) is 73.1 Å². The van der Waals surface area contributed by atoms with Crippen molar-refractivity contribution in [2.45, 2.75) is 92.0 Å². The Kier molecular flexibility index (Phi) is 8.17. The summed E-state index contributed by atoms with van der Waals surface area (Å²) in [4.78, 5) is 0. The van der Waals surface area contributed by atoms with Crippen LogP contribution in [0.3, 0.4) is 0 Å². The minimum absolute atomic E-state index is 0.460. The molecule has 1 heteroatoms. The quantitative estimate of drug-likeness (QED) is 0.601. The fourth-order valence-corrected chi connectivity index (χ4v) is 4.89. The molecule has 1 nitrogen and oxygen atoms in total. The molecule has 0 heterocycles. The fourth-order valence-electron chi connectivity index (χ4n) is 4.89. The number of rotatable bonds is 7. The van der Waals surface area contributed by atoms with Gasteiger partial charge in [-0.05, 0) is 42.4 Å². The second-order valence-electron chi connectivity index (χ2n) is 7.68. The van der Waals surface area contributed by atoms with Gasteiger partial charge in [0.2, 0.25) is 0 Å². The van der Waals surface area contributed by atoms with Crippen LogP contribution in [0.5, 0.6) is 0 Å². The summed E-state index contributed by atoms with van der Waals surface area (Å²) in [5.74, 6) is 4.30. The smallest absolute Gasteiger partial charge is 0.00415 e. The van der Waals surface area contributed by atoms with Gasteiger partial charge in [-0.15, -0.1) is 0 Å². The summed E-state index contributed by atoms with van der Waals surface area (Å²) in [6.45, 7) is 12.1. The third kappa shape index (κ3) is 5.06. The molecular weight excluding hydrogens is 242 g/mol. The van der Waals surface area contributed by atoms with Crippen molar-refractivity contribution < 1.29 is 0 Å². The molecule has 0 aromatic heterocycles. The van der Waals surface area contributed by atoms with E-state index in [1.165, 1.54) is 51.4 Å². The largest absolute Gasteiger partial charge is 0.328 e. The van der Waals surface area contributed by atoms with E-state index in [9.17, 15) is 0 Å². The SMILES string of the molecule is CCCC(CC)C(C)C(C(C)C)C1CCCCC(N)C1. The summed E-state index contributed by atoms with van der Waals surface area (Å²) in [6.07, 6.45) is 10.8. The number of hydrogen-bond donors (Lipinski definition) is 1. The lowest BCUT2D eigenvalue weighted by Crippen LogP contribution is -2.34. The summed E-state index contributed by atoms with van der Waals surface area (Å²) in [6, 6.07) is 0.460. The van der Waals surface area contributed by atoms with Crippen LogP contribution in [0.15, 0.2) is 0 Å². The van der Waals surface area contributed by atoms with E-state index >= 15 is 0 Å². The van der Waals surface area contributed by atoms with Crippen LogP contribution < -0.4 is 5.73 Å². The Labute approximate surface area is 128 Å². The van der Waals surface area contributed by atoms with Crippen LogP contribution in [0, 0.1) is 29.6 Å². The van der Waals surface area contributed by atoms with Gasteiger partial charge in [-0.2, -0.15) is 0 Å². The van der Waals surface area contributed by atoms with E-state index in [1.54, 1.807) is 0 Å². The van der Waals surface area contributed by atoms with Crippen molar-refractivity contribution in [3.63, 3.8) is 0 Å². The van der Waals surface area contributed by atoms with Crippen molar-refractivity contribution in [3.8, 4) is 0 Å². The Hall–Kier alpha value is -0.0400. The Bertz CT molecular complexity index is 248. The van der Waals surface area contributed by atoms with E-state index in [4.69, 9.17) is 5.73 Å². The topological polar surface area (TPSA) is 26.0 Å². The van der Waals surface area contributed by atoms with Crippen LogP contribution >= 0.6 is 0 Å². The number of hydrogen-bond acceptors (Lipinski definition) is 1. The zero-order valence-corrected chi connectivity index (χ0v) is 14.7. The Morgan fingerprint density at radius 3 is 2.25 bits per heavy atom. The maximum Gasteiger partial charge on any atom is 0.00415 e. The van der Waals surface area contributed by atoms with Crippen LogP contribution in [0.25, 0.3) is 0 Å². The van der Waals surface area contributed by atoms with Crippen molar-refractivity contribution in [2.24, 2.45) is 35.3 Å². The minimum Gasteiger partial charge on any atom is -0.328 e. The zero-order chi connectivity index (χ0) is 15.1. The second-order valence-corrected chi connectivity index (χ2v) is 7.68. The molecule has 1 aliphatic carbocycles. The molecule has 0 bridgehead atoms. The Morgan fingerprint density at radius 1 is 1.05 bits per heavy atom. The molecule has 1 aliphatic rings. The van der Waals surface area contributed by atoms with Crippen LogP contribution in [0.2, 0.25) is 0 Å². The average molecular weight is 282 g/mol. The molecule has 1 fully saturated rings. The van der Waals surface area contributed by atoms with Crippen LogP contribution in [0.1, 0.15) is 86.0 Å². The lowest BCUT2D eigenvalue weighted by Gasteiger charge is -2.39. The third-order valence-corrected chi connectivity index (χ3v) is 5.85. The number of nitrogens with two attached hydrogens (primary N) is 1. The molecule has 0 aromatic rings. The maximum absolute atomic E-state index is 6.33. The van der Waals surface area contributed by atoms with Crippen LogP contribution in [0.4, 0.5) is 0 Å². The molecule has 0 aromatic carbocycles. The second kappa shape index (κ2) is 9.07. The van der Waals surface area contributed by atoms with Crippen molar-refractivity contribution in [2.75, 3.05) is 0 Å². The molecule has 0 aliphatic heterocycles. The predicted octanol–water partition coefficient (Wildman–Crippen LogP) is 5.63. The molecule has 5 unspecified atom stereocenters. The highest BCUT2D eigenvalue weighted by molar-refractivity contribution is 4.85. The highest BCUT2D eigenvalue weighted by Crippen LogP contribution is 2.41. The van der Waals surface area contributed by atoms with Gasteiger partial charge in [0, 0.05) is 6.04 Å². The molecule has 0 saturated heterocycles. The lowest BCUT2D eigenvalue weighted by atomic mass is 9.67. The van der Waals surface area contributed by atoms with Gasteiger partial charge in [0.05, 0.1) is 0 Å². The Morgan fingerprint density at radius 2 is 1.70 bits per heavy atom.